The molecule has 0 aromatic heterocycles. The van der Waals surface area contributed by atoms with Gasteiger partial charge in [0.15, 0.2) is 0 Å². The molecule has 3 unspecified atom stereocenters. The van der Waals surface area contributed by atoms with Gasteiger partial charge in [-0.25, -0.2) is 4.57 Å². The predicted octanol–water partition coefficient (Wildman–Crippen LogP) is 16.4. The summed E-state index contributed by atoms with van der Waals surface area (Å²) in [5.41, 5.74) is 0. The molecule has 0 aliphatic rings. The summed E-state index contributed by atoms with van der Waals surface area (Å²) >= 11 is 0. The number of quaternary nitrogens is 1. The summed E-state index contributed by atoms with van der Waals surface area (Å²) in [5.74, 6) is -0.183. The highest BCUT2D eigenvalue weighted by Gasteiger charge is 2.27. The lowest BCUT2D eigenvalue weighted by atomic mass is 10.0. The quantitative estimate of drug-likeness (QED) is 0.0243. The second kappa shape index (κ2) is 47.1. The minimum atomic E-state index is -4.35. The summed E-state index contributed by atoms with van der Waals surface area (Å²) in [6.45, 7) is 4.83. The maximum Gasteiger partial charge on any atom is 0.472 e. The van der Waals surface area contributed by atoms with Crippen molar-refractivity contribution in [1.29, 1.82) is 0 Å². The Balaban J connectivity index is 4.21. The third-order valence-corrected chi connectivity index (χ3v) is 13.7. The van der Waals surface area contributed by atoms with Crippen molar-refractivity contribution in [1.82, 2.24) is 5.32 Å². The van der Waals surface area contributed by atoms with Gasteiger partial charge in [0.25, 0.3) is 0 Å². The monoisotopic (exact) mass is 926 g/mol. The molecule has 3 atom stereocenters. The van der Waals surface area contributed by atoms with Gasteiger partial charge >= 0.3 is 7.82 Å². The highest BCUT2D eigenvalue weighted by atomic mass is 31.2. The number of rotatable bonds is 51. The van der Waals surface area contributed by atoms with Gasteiger partial charge in [0.1, 0.15) is 13.2 Å². The van der Waals surface area contributed by atoms with Crippen molar-refractivity contribution in [3.05, 3.63) is 24.3 Å². The molecule has 0 radical (unpaired) electrons. The molecule has 0 saturated heterocycles. The highest BCUT2D eigenvalue weighted by Crippen LogP contribution is 2.43. The first-order valence-corrected chi connectivity index (χ1v) is 29.2. The number of aliphatic hydroxyl groups excluding tert-OH is 1. The Morgan fingerprint density at radius 3 is 1.25 bits per heavy atom. The fourth-order valence-electron chi connectivity index (χ4n) is 8.30. The molecule has 1 amide bonds. The maximum absolute atomic E-state index is 12.9. The zero-order chi connectivity index (χ0) is 47.1. The first-order valence-electron chi connectivity index (χ1n) is 27.7. The number of allylic oxidation sites excluding steroid dienone is 3. The van der Waals surface area contributed by atoms with Crippen LogP contribution in [0, 0.1) is 0 Å². The maximum atomic E-state index is 12.9. The molecule has 380 valence electrons. The van der Waals surface area contributed by atoms with Crippen LogP contribution in [0.4, 0.5) is 0 Å². The smallest absolute Gasteiger partial charge is 0.387 e. The van der Waals surface area contributed by atoms with Crippen molar-refractivity contribution in [2.75, 3.05) is 40.9 Å². The van der Waals surface area contributed by atoms with E-state index < -0.39 is 20.0 Å². The molecular formula is C55H110N2O6P+. The molecule has 0 aromatic carbocycles. The summed E-state index contributed by atoms with van der Waals surface area (Å²) in [4.78, 5) is 23.2. The molecule has 0 aliphatic carbocycles. The molecule has 0 aliphatic heterocycles. The van der Waals surface area contributed by atoms with E-state index in [4.69, 9.17) is 9.05 Å². The van der Waals surface area contributed by atoms with Crippen molar-refractivity contribution in [3.8, 4) is 0 Å². The minimum Gasteiger partial charge on any atom is -0.387 e. The number of aliphatic hydroxyl groups is 1. The number of hydrogen-bond acceptors (Lipinski definition) is 5. The Morgan fingerprint density at radius 2 is 0.859 bits per heavy atom. The summed E-state index contributed by atoms with van der Waals surface area (Å²) < 4.78 is 23.7. The Hall–Kier alpha value is -1.02. The first kappa shape index (κ1) is 63.0. The average Bonchev–Trinajstić information content (AvgIpc) is 3.25. The topological polar surface area (TPSA) is 105 Å². The van der Waals surface area contributed by atoms with Crippen LogP contribution < -0.4 is 5.32 Å². The number of nitrogens with one attached hydrogen (secondary N) is 1. The van der Waals surface area contributed by atoms with Crippen LogP contribution in [0.15, 0.2) is 24.3 Å². The molecular weight excluding hydrogens is 816 g/mol. The van der Waals surface area contributed by atoms with Gasteiger partial charge < -0.3 is 19.8 Å². The van der Waals surface area contributed by atoms with E-state index in [-0.39, 0.29) is 19.1 Å². The summed E-state index contributed by atoms with van der Waals surface area (Å²) in [5, 5.41) is 13.9. The molecule has 3 N–H and O–H groups in total. The number of phosphoric ester groups is 1. The zero-order valence-electron chi connectivity index (χ0n) is 43.3. The molecule has 0 spiro atoms. The Labute approximate surface area is 398 Å². The zero-order valence-corrected chi connectivity index (χ0v) is 44.2. The molecule has 9 heteroatoms. The predicted molar refractivity (Wildman–Crippen MR) is 277 cm³/mol. The van der Waals surface area contributed by atoms with Crippen LogP contribution in [0.3, 0.4) is 0 Å². The van der Waals surface area contributed by atoms with Crippen LogP contribution in [0.1, 0.15) is 271 Å². The van der Waals surface area contributed by atoms with E-state index in [1.807, 2.05) is 27.2 Å². The molecule has 0 aromatic rings. The Kier molecular flexibility index (Phi) is 46.3. The van der Waals surface area contributed by atoms with Crippen LogP contribution in [-0.4, -0.2) is 73.4 Å². The van der Waals surface area contributed by atoms with Crippen LogP contribution in [-0.2, 0) is 18.4 Å². The number of likely N-dealkylation sites (N-methyl/N-ethyl adjacent to an activating group) is 1. The van der Waals surface area contributed by atoms with Crippen molar-refractivity contribution in [3.63, 3.8) is 0 Å². The standard InChI is InChI=1S/C55H109N2O6P/c1-6-8-10-12-14-16-18-20-22-23-24-25-26-27-28-29-30-31-32-33-35-36-38-40-42-44-46-48-54(58)53(52-63-64(60,61)62-51-50-57(3,4)5)56-55(59)49-47-45-43-41-39-37-34-21-19-17-15-13-11-9-7-2/h38,40,46,48,53-54,58H,6-37,39,41-45,47,49-52H2,1-5H3,(H-,56,59,60,61)/p+1/b40-38+,48-46+. The Morgan fingerprint density at radius 1 is 0.516 bits per heavy atom. The van der Waals surface area contributed by atoms with Crippen molar-refractivity contribution in [2.24, 2.45) is 0 Å². The number of amides is 1. The van der Waals surface area contributed by atoms with Crippen molar-refractivity contribution in [2.45, 2.75) is 283 Å². The van der Waals surface area contributed by atoms with Crippen molar-refractivity contribution < 1.29 is 32.9 Å². The van der Waals surface area contributed by atoms with E-state index in [2.05, 4.69) is 31.3 Å². The van der Waals surface area contributed by atoms with Gasteiger partial charge in [-0.05, 0) is 32.1 Å². The van der Waals surface area contributed by atoms with Crippen LogP contribution in [0.5, 0.6) is 0 Å². The number of unbranched alkanes of at least 4 members (excludes halogenated alkanes) is 36. The Bertz CT molecular complexity index is 1090. The molecule has 0 fully saturated rings. The SMILES string of the molecule is CCCCCCCCCCCCCCCCCCCCCCC/C=C/CC/C=C/C(O)C(COP(=O)(O)OCC[N+](C)(C)C)NC(=O)CCCCCCCCCCCCCCCCC. The van der Waals surface area contributed by atoms with E-state index in [0.717, 1.165) is 38.5 Å². The molecule has 64 heavy (non-hydrogen) atoms. The van der Waals surface area contributed by atoms with Gasteiger partial charge in [-0.15, -0.1) is 0 Å². The summed E-state index contributed by atoms with van der Waals surface area (Å²) in [7, 11) is 1.57. The van der Waals surface area contributed by atoms with Crippen molar-refractivity contribution >= 4 is 13.7 Å². The van der Waals surface area contributed by atoms with E-state index in [0.29, 0.717) is 17.4 Å². The van der Waals surface area contributed by atoms with Gasteiger partial charge in [-0.3, -0.25) is 13.8 Å². The average molecular weight is 926 g/mol. The third-order valence-electron chi connectivity index (χ3n) is 12.7. The number of nitrogens with zero attached hydrogens (tertiary/aromatic N) is 1. The lowest BCUT2D eigenvalue weighted by molar-refractivity contribution is -0.870. The van der Waals surface area contributed by atoms with Gasteiger partial charge in [0, 0.05) is 6.42 Å². The van der Waals surface area contributed by atoms with Gasteiger partial charge in [-0.1, -0.05) is 256 Å². The van der Waals surface area contributed by atoms with Crippen LogP contribution in [0.2, 0.25) is 0 Å². The van der Waals surface area contributed by atoms with Gasteiger partial charge in [0.2, 0.25) is 5.91 Å². The third kappa shape index (κ3) is 48.9. The number of hydrogen-bond donors (Lipinski definition) is 3. The normalized spacial score (nSPS) is 14.2. The molecule has 8 nitrogen and oxygen atoms in total. The summed E-state index contributed by atoms with van der Waals surface area (Å²) in [6.07, 6.45) is 58.5. The lowest BCUT2D eigenvalue weighted by Gasteiger charge is -2.25. The fraction of sp³-hybridized carbons (Fsp3) is 0.909. The molecule has 0 heterocycles. The molecule has 0 bridgehead atoms. The lowest BCUT2D eigenvalue weighted by Crippen LogP contribution is -2.45. The number of carbonyl (C=O) groups is 1. The number of phosphoric acid groups is 1. The molecule has 0 saturated carbocycles. The number of carbonyl (C=O) groups excluding carboxylic acids is 1. The van der Waals surface area contributed by atoms with E-state index in [1.165, 1.54) is 212 Å². The second-order valence-corrected chi connectivity index (χ2v) is 21.8. The largest absolute Gasteiger partial charge is 0.472 e. The molecule has 0 rings (SSSR count). The van der Waals surface area contributed by atoms with E-state index >= 15 is 0 Å². The second-order valence-electron chi connectivity index (χ2n) is 20.3. The first-order chi connectivity index (χ1) is 31.0. The minimum absolute atomic E-state index is 0.0586. The van der Waals surface area contributed by atoms with Crippen LogP contribution >= 0.6 is 7.82 Å². The van der Waals surface area contributed by atoms with E-state index in [9.17, 15) is 19.4 Å². The van der Waals surface area contributed by atoms with Gasteiger partial charge in [0.05, 0.1) is 39.9 Å². The summed E-state index contributed by atoms with van der Waals surface area (Å²) in [6, 6.07) is -0.859. The van der Waals surface area contributed by atoms with Crippen LogP contribution in [0.25, 0.3) is 0 Å². The fourth-order valence-corrected chi connectivity index (χ4v) is 9.03. The van der Waals surface area contributed by atoms with Gasteiger partial charge in [-0.2, -0.15) is 0 Å². The highest BCUT2D eigenvalue weighted by molar-refractivity contribution is 7.47. The van der Waals surface area contributed by atoms with E-state index in [1.54, 1.807) is 6.08 Å².